The Hall–Kier alpha value is -4.04. The summed E-state index contributed by atoms with van der Waals surface area (Å²) in [4.78, 5) is 23.8. The van der Waals surface area contributed by atoms with Crippen LogP contribution < -0.4 is 10.0 Å². The molecule has 3 N–H and O–H groups in total. The first kappa shape index (κ1) is 22.7. The maximum Gasteiger partial charge on any atom is 0.273 e. The van der Waals surface area contributed by atoms with Crippen LogP contribution in [0.2, 0.25) is 0 Å². The molecule has 0 spiro atoms. The molecule has 4 aromatic heterocycles. The van der Waals surface area contributed by atoms with Gasteiger partial charge in [0.2, 0.25) is 0 Å². The maximum absolute atomic E-state index is 15.4. The molecule has 0 saturated carbocycles. The highest BCUT2D eigenvalue weighted by Gasteiger charge is 2.25. The van der Waals surface area contributed by atoms with Gasteiger partial charge in [0.1, 0.15) is 22.8 Å². The first-order valence-corrected chi connectivity index (χ1v) is 12.4. The second-order valence-corrected chi connectivity index (χ2v) is 10.4. The number of rotatable bonds is 6. The van der Waals surface area contributed by atoms with Gasteiger partial charge in [-0.05, 0) is 38.1 Å². The Morgan fingerprint density at radius 2 is 1.89 bits per heavy atom. The van der Waals surface area contributed by atoms with Gasteiger partial charge >= 0.3 is 0 Å². The summed E-state index contributed by atoms with van der Waals surface area (Å²) in [6.07, 6.45) is 4.40. The van der Waals surface area contributed by atoms with Crippen LogP contribution in [0, 0.1) is 25.5 Å². The second-order valence-electron chi connectivity index (χ2n) is 7.35. The molecule has 0 unspecified atom stereocenters. The molecule has 0 amide bonds. The molecule has 14 heteroatoms. The SMILES string of the molecule is Cc1nc(C)c(S(=O)(=O)Nc2ccc(F)c(Nc3ncccc3-c3ncc4nc[nH]c4n3)c2F)s1. The number of benzene rings is 1. The van der Waals surface area contributed by atoms with Crippen molar-refractivity contribution in [1.29, 1.82) is 0 Å². The molecule has 0 atom stereocenters. The van der Waals surface area contributed by atoms with Crippen molar-refractivity contribution in [2.45, 2.75) is 18.1 Å². The summed E-state index contributed by atoms with van der Waals surface area (Å²) < 4.78 is 57.8. The van der Waals surface area contributed by atoms with Gasteiger partial charge in [-0.3, -0.25) is 4.72 Å². The highest BCUT2D eigenvalue weighted by Crippen LogP contribution is 2.33. The van der Waals surface area contributed by atoms with E-state index in [1.165, 1.54) is 25.6 Å². The van der Waals surface area contributed by atoms with Crippen molar-refractivity contribution in [3.05, 3.63) is 65.3 Å². The monoisotopic (exact) mass is 514 g/mol. The van der Waals surface area contributed by atoms with Crippen LogP contribution in [0.15, 0.2) is 47.2 Å². The molecule has 5 aromatic rings. The van der Waals surface area contributed by atoms with Crippen LogP contribution >= 0.6 is 11.3 Å². The first-order valence-electron chi connectivity index (χ1n) is 10.1. The molecule has 1 aromatic carbocycles. The minimum absolute atomic E-state index is 0.0495. The molecule has 5 rings (SSSR count). The Morgan fingerprint density at radius 1 is 1.06 bits per heavy atom. The molecule has 0 aliphatic carbocycles. The Kier molecular flexibility index (Phi) is 5.61. The number of nitrogens with zero attached hydrogens (tertiary/aromatic N) is 5. The van der Waals surface area contributed by atoms with Crippen molar-refractivity contribution in [2.75, 3.05) is 10.0 Å². The summed E-state index contributed by atoms with van der Waals surface area (Å²) in [5, 5.41) is 3.16. The fourth-order valence-electron chi connectivity index (χ4n) is 3.37. The highest BCUT2D eigenvalue weighted by atomic mass is 32.2. The number of fused-ring (bicyclic) bond motifs is 1. The Morgan fingerprint density at radius 3 is 2.66 bits per heavy atom. The smallest absolute Gasteiger partial charge is 0.273 e. The molecular formula is C21H16F2N8O2S2. The van der Waals surface area contributed by atoms with Gasteiger partial charge in [0.25, 0.3) is 10.0 Å². The van der Waals surface area contributed by atoms with Gasteiger partial charge in [-0.15, -0.1) is 11.3 Å². The zero-order chi connectivity index (χ0) is 24.7. The zero-order valence-corrected chi connectivity index (χ0v) is 19.8. The number of nitrogens with one attached hydrogen (secondary N) is 3. The first-order chi connectivity index (χ1) is 16.7. The second kappa shape index (κ2) is 8.63. The summed E-state index contributed by atoms with van der Waals surface area (Å²) >= 11 is 0.953. The van der Waals surface area contributed by atoms with Crippen LogP contribution in [0.1, 0.15) is 10.7 Å². The normalized spacial score (nSPS) is 11.7. The predicted molar refractivity (Wildman–Crippen MR) is 127 cm³/mol. The fraction of sp³-hybridized carbons (Fsp3) is 0.0952. The van der Waals surface area contributed by atoms with Crippen LogP contribution in [0.4, 0.5) is 26.0 Å². The van der Waals surface area contributed by atoms with E-state index < -0.39 is 33.0 Å². The molecule has 0 fully saturated rings. The number of hydrogen-bond donors (Lipinski definition) is 3. The third kappa shape index (κ3) is 4.28. The van der Waals surface area contributed by atoms with E-state index >= 15 is 4.39 Å². The number of aryl methyl sites for hydroxylation is 2. The maximum atomic E-state index is 15.4. The number of pyridine rings is 1. The van der Waals surface area contributed by atoms with Gasteiger partial charge in [-0.25, -0.2) is 42.1 Å². The molecule has 4 heterocycles. The lowest BCUT2D eigenvalue weighted by Gasteiger charge is -2.14. The largest absolute Gasteiger partial charge is 0.335 e. The van der Waals surface area contributed by atoms with Crippen LogP contribution in [0.5, 0.6) is 0 Å². The fourth-order valence-corrected chi connectivity index (χ4v) is 5.92. The van der Waals surface area contributed by atoms with Crippen LogP contribution in [0.25, 0.3) is 22.6 Å². The number of hydrogen-bond acceptors (Lipinski definition) is 9. The van der Waals surface area contributed by atoms with Crippen molar-refractivity contribution >= 4 is 49.7 Å². The number of aromatic amines is 1. The van der Waals surface area contributed by atoms with Crippen LogP contribution in [-0.2, 0) is 10.0 Å². The summed E-state index contributed by atoms with van der Waals surface area (Å²) in [6, 6.07) is 5.21. The number of imidazole rings is 1. The highest BCUT2D eigenvalue weighted by molar-refractivity contribution is 7.94. The summed E-state index contributed by atoms with van der Waals surface area (Å²) in [7, 11) is -4.14. The molecule has 178 valence electrons. The van der Waals surface area contributed by atoms with Gasteiger partial charge in [0.05, 0.1) is 34.5 Å². The lowest BCUT2D eigenvalue weighted by molar-refractivity contribution is 0.589. The summed E-state index contributed by atoms with van der Waals surface area (Å²) in [5.74, 6) is -1.78. The average molecular weight is 515 g/mol. The van der Waals surface area contributed by atoms with Gasteiger partial charge in [-0.2, -0.15) is 0 Å². The number of thiazole rings is 1. The van der Waals surface area contributed by atoms with E-state index in [0.717, 1.165) is 23.5 Å². The Bertz CT molecular complexity index is 1680. The Labute approximate surface area is 201 Å². The molecule has 0 bridgehead atoms. The van der Waals surface area contributed by atoms with Crippen molar-refractivity contribution in [3.8, 4) is 11.4 Å². The van der Waals surface area contributed by atoms with Crippen LogP contribution in [0.3, 0.4) is 0 Å². The molecule has 10 nitrogen and oxygen atoms in total. The quantitative estimate of drug-likeness (QED) is 0.305. The molecule has 0 radical (unpaired) electrons. The molecular weight excluding hydrogens is 498 g/mol. The van der Waals surface area contributed by atoms with Gasteiger partial charge in [0.15, 0.2) is 21.5 Å². The van der Waals surface area contributed by atoms with E-state index in [0.29, 0.717) is 21.7 Å². The summed E-state index contributed by atoms with van der Waals surface area (Å²) in [5.41, 5.74) is 0.650. The molecule has 0 aliphatic heterocycles. The van der Waals surface area contributed by atoms with Gasteiger partial charge < -0.3 is 10.3 Å². The lowest BCUT2D eigenvalue weighted by Crippen LogP contribution is -2.15. The van der Waals surface area contributed by atoms with Crippen molar-refractivity contribution in [3.63, 3.8) is 0 Å². The average Bonchev–Trinajstić information content (AvgIpc) is 3.44. The lowest BCUT2D eigenvalue weighted by atomic mass is 10.2. The minimum Gasteiger partial charge on any atom is -0.335 e. The van der Waals surface area contributed by atoms with Crippen molar-refractivity contribution in [2.24, 2.45) is 0 Å². The number of sulfonamides is 1. The number of H-pyrrole nitrogens is 1. The van der Waals surface area contributed by atoms with E-state index in [1.54, 1.807) is 19.1 Å². The molecule has 0 aliphatic rings. The third-order valence-corrected chi connectivity index (χ3v) is 7.95. The number of aromatic nitrogens is 6. The topological polar surface area (TPSA) is 138 Å². The van der Waals surface area contributed by atoms with E-state index in [-0.39, 0.29) is 21.5 Å². The van der Waals surface area contributed by atoms with Crippen molar-refractivity contribution in [1.82, 2.24) is 29.9 Å². The number of anilines is 3. The number of halogens is 2. The predicted octanol–water partition coefficient (Wildman–Crippen LogP) is 4.31. The van der Waals surface area contributed by atoms with Crippen molar-refractivity contribution < 1.29 is 17.2 Å². The summed E-state index contributed by atoms with van der Waals surface area (Å²) in [6.45, 7) is 3.20. The van der Waals surface area contributed by atoms with Gasteiger partial charge in [0, 0.05) is 6.20 Å². The van der Waals surface area contributed by atoms with Crippen LogP contribution in [-0.4, -0.2) is 38.3 Å². The van der Waals surface area contributed by atoms with E-state index in [1.807, 2.05) is 0 Å². The van der Waals surface area contributed by atoms with E-state index in [2.05, 4.69) is 39.9 Å². The minimum atomic E-state index is -4.14. The standard InChI is InChI=1S/C21H16F2N8O2S2/c1-10-21(34-11(2)28-10)35(32,33)31-14-6-5-13(22)17(16(14)23)29-18-12(4-3-7-24-18)19-25-8-15-20(30-19)27-9-26-15/h3-9,31H,1-2H3,(H,24,29)(H,25,26,27,30). The zero-order valence-electron chi connectivity index (χ0n) is 18.2. The molecule has 35 heavy (non-hydrogen) atoms. The molecule has 0 saturated heterocycles. The van der Waals surface area contributed by atoms with E-state index in [9.17, 15) is 12.8 Å². The van der Waals surface area contributed by atoms with Gasteiger partial charge in [-0.1, -0.05) is 0 Å². The third-order valence-electron chi connectivity index (χ3n) is 4.91. The Balaban J connectivity index is 1.51. The van der Waals surface area contributed by atoms with E-state index in [4.69, 9.17) is 0 Å².